The van der Waals surface area contributed by atoms with E-state index in [9.17, 15) is 19.7 Å². The monoisotopic (exact) mass is 465 g/mol. The third-order valence-electron chi connectivity index (χ3n) is 6.59. The van der Waals surface area contributed by atoms with Crippen LogP contribution in [0.4, 0.5) is 0 Å². The minimum Gasteiger partial charge on any atom is -0.497 e. The van der Waals surface area contributed by atoms with Crippen LogP contribution < -0.4 is 9.47 Å². The first-order chi connectivity index (χ1) is 16.4. The van der Waals surface area contributed by atoms with E-state index in [1.54, 1.807) is 68.8 Å². The van der Waals surface area contributed by atoms with Crippen molar-refractivity contribution in [1.82, 2.24) is 0 Å². The summed E-state index contributed by atoms with van der Waals surface area (Å²) < 4.78 is 10.3. The molecule has 7 nitrogen and oxygen atoms in total. The van der Waals surface area contributed by atoms with Crippen molar-refractivity contribution in [3.05, 3.63) is 75.8 Å². The number of rotatable bonds is 10. The van der Waals surface area contributed by atoms with Crippen molar-refractivity contribution in [3.8, 4) is 11.5 Å². The van der Waals surface area contributed by atoms with Crippen LogP contribution >= 0.6 is 0 Å². The Hall–Kier alpha value is -3.48. The zero-order chi connectivity index (χ0) is 24.7. The van der Waals surface area contributed by atoms with Crippen molar-refractivity contribution in [2.75, 3.05) is 14.2 Å². The molecular formula is C27H31NO6. The summed E-state index contributed by atoms with van der Waals surface area (Å²) in [5.41, 5.74) is 1.50. The first-order valence-electron chi connectivity index (χ1n) is 11.6. The number of nitrogens with zero attached hydrogens (tertiary/aromatic N) is 1. The van der Waals surface area contributed by atoms with Crippen LogP contribution in [0.3, 0.4) is 0 Å². The van der Waals surface area contributed by atoms with Gasteiger partial charge in [-0.1, -0.05) is 50.1 Å². The lowest BCUT2D eigenvalue weighted by Crippen LogP contribution is -2.49. The highest BCUT2D eigenvalue weighted by atomic mass is 16.6. The molecule has 0 amide bonds. The maximum atomic E-state index is 13.3. The summed E-state index contributed by atoms with van der Waals surface area (Å²) in [5.74, 6) is -1.51. The second kappa shape index (κ2) is 11.6. The fourth-order valence-electron chi connectivity index (χ4n) is 4.81. The van der Waals surface area contributed by atoms with E-state index in [1.165, 1.54) is 6.08 Å². The molecule has 1 aliphatic rings. The Kier molecular flexibility index (Phi) is 8.57. The van der Waals surface area contributed by atoms with Crippen LogP contribution in [0.2, 0.25) is 0 Å². The van der Waals surface area contributed by atoms with E-state index in [1.807, 2.05) is 6.92 Å². The predicted octanol–water partition coefficient (Wildman–Crippen LogP) is 5.11. The molecule has 0 heterocycles. The molecule has 0 aliphatic heterocycles. The van der Waals surface area contributed by atoms with E-state index >= 15 is 0 Å². The van der Waals surface area contributed by atoms with Gasteiger partial charge in [0.2, 0.25) is 6.04 Å². The van der Waals surface area contributed by atoms with Crippen LogP contribution in [0.15, 0.2) is 54.6 Å². The number of benzene rings is 2. The molecule has 0 aromatic heterocycles. The van der Waals surface area contributed by atoms with Crippen LogP contribution in [-0.2, 0) is 9.59 Å². The van der Waals surface area contributed by atoms with Gasteiger partial charge in [-0.15, -0.1) is 0 Å². The zero-order valence-corrected chi connectivity index (χ0v) is 19.8. The number of carbonyl (C=O) groups excluding carboxylic acids is 2. The number of nitro groups is 1. The van der Waals surface area contributed by atoms with Crippen molar-refractivity contribution >= 4 is 17.6 Å². The topological polar surface area (TPSA) is 95.7 Å². The molecule has 3 rings (SSSR count). The fraction of sp³-hybridized carbons (Fsp3) is 0.407. The van der Waals surface area contributed by atoms with Gasteiger partial charge in [0.1, 0.15) is 17.3 Å². The van der Waals surface area contributed by atoms with E-state index in [0.29, 0.717) is 24.3 Å². The van der Waals surface area contributed by atoms with E-state index < -0.39 is 23.8 Å². The van der Waals surface area contributed by atoms with Crippen LogP contribution in [0.25, 0.3) is 6.08 Å². The summed E-state index contributed by atoms with van der Waals surface area (Å²) in [5, 5.41) is 12.3. The Bertz CT molecular complexity index is 1030. The number of methoxy groups -OCH3 is 2. The van der Waals surface area contributed by atoms with Gasteiger partial charge in [0.15, 0.2) is 5.78 Å². The zero-order valence-electron chi connectivity index (χ0n) is 19.8. The van der Waals surface area contributed by atoms with Crippen LogP contribution in [0.5, 0.6) is 11.5 Å². The molecule has 2 aromatic rings. The highest BCUT2D eigenvalue weighted by Crippen LogP contribution is 2.42. The van der Waals surface area contributed by atoms with Gasteiger partial charge in [-0.2, -0.15) is 0 Å². The standard InChI is InChI=1S/C27H31NO6/c1-4-5-6-22-26(24(29)16-9-18-7-12-20(33-2)13-8-18)25(30)17-23(27(22)28(31)32)19-10-14-21(34-3)15-11-19/h7-16,22-23,26-27H,4-6,17H2,1-3H3/b16-9+/t22-,23+,26?,27+/m0/s1. The molecule has 7 heteroatoms. The SMILES string of the molecule is CCCC[C@H]1C(C(=O)/C=C/c2ccc(OC)cc2)C(=O)C[C@H](c2ccc(OC)cc2)[C@@H]1[N+](=O)[O-]. The van der Waals surface area contributed by atoms with Crippen molar-refractivity contribution in [2.45, 2.75) is 44.6 Å². The maximum Gasteiger partial charge on any atom is 0.224 e. The lowest BCUT2D eigenvalue weighted by molar-refractivity contribution is -0.539. The maximum absolute atomic E-state index is 13.3. The summed E-state index contributed by atoms with van der Waals surface area (Å²) in [7, 11) is 3.12. The minimum atomic E-state index is -1.01. The summed E-state index contributed by atoms with van der Waals surface area (Å²) in [6, 6.07) is 13.2. The molecule has 0 radical (unpaired) electrons. The number of hydrogen-bond acceptors (Lipinski definition) is 6. The van der Waals surface area contributed by atoms with Crippen LogP contribution in [0.1, 0.15) is 49.7 Å². The number of ketones is 2. The van der Waals surface area contributed by atoms with Crippen molar-refractivity contribution in [1.29, 1.82) is 0 Å². The summed E-state index contributed by atoms with van der Waals surface area (Å²) in [6.45, 7) is 1.99. The Balaban J connectivity index is 1.91. The number of unbranched alkanes of at least 4 members (excludes halogenated alkanes) is 1. The van der Waals surface area contributed by atoms with Gasteiger partial charge in [0.05, 0.1) is 26.1 Å². The van der Waals surface area contributed by atoms with Crippen molar-refractivity contribution in [2.24, 2.45) is 11.8 Å². The average molecular weight is 466 g/mol. The van der Waals surface area contributed by atoms with E-state index in [4.69, 9.17) is 9.47 Å². The molecule has 4 atom stereocenters. The molecule has 0 saturated heterocycles. The largest absolute Gasteiger partial charge is 0.497 e. The molecule has 34 heavy (non-hydrogen) atoms. The van der Waals surface area contributed by atoms with E-state index in [0.717, 1.165) is 17.5 Å². The molecule has 0 bridgehead atoms. The number of allylic oxidation sites excluding steroid dienone is 1. The van der Waals surface area contributed by atoms with Gasteiger partial charge in [0.25, 0.3) is 0 Å². The molecule has 180 valence electrons. The van der Waals surface area contributed by atoms with E-state index in [-0.39, 0.29) is 22.9 Å². The van der Waals surface area contributed by atoms with Crippen LogP contribution in [0, 0.1) is 22.0 Å². The first kappa shape index (κ1) is 25.1. The van der Waals surface area contributed by atoms with Gasteiger partial charge in [-0.3, -0.25) is 19.7 Å². The molecule has 2 aromatic carbocycles. The van der Waals surface area contributed by atoms with Gasteiger partial charge in [0, 0.05) is 17.3 Å². The van der Waals surface area contributed by atoms with Gasteiger partial charge >= 0.3 is 0 Å². The molecule has 1 fully saturated rings. The smallest absolute Gasteiger partial charge is 0.224 e. The number of Topliss-reactive ketones (excluding diaryl/α,β-unsaturated/α-hetero) is 1. The lowest BCUT2D eigenvalue weighted by Gasteiger charge is -2.36. The van der Waals surface area contributed by atoms with Gasteiger partial charge < -0.3 is 9.47 Å². The molecule has 1 saturated carbocycles. The van der Waals surface area contributed by atoms with Gasteiger partial charge in [-0.05, 0) is 47.9 Å². The van der Waals surface area contributed by atoms with Crippen molar-refractivity contribution < 1.29 is 24.0 Å². The third-order valence-corrected chi connectivity index (χ3v) is 6.59. The molecule has 0 N–H and O–H groups in total. The summed E-state index contributed by atoms with van der Waals surface area (Å²) in [6.07, 6.45) is 4.98. The second-order valence-electron chi connectivity index (χ2n) is 8.62. The fourth-order valence-corrected chi connectivity index (χ4v) is 4.81. The number of ether oxygens (including phenoxy) is 2. The minimum absolute atomic E-state index is 0.0343. The van der Waals surface area contributed by atoms with Gasteiger partial charge in [-0.25, -0.2) is 0 Å². The lowest BCUT2D eigenvalue weighted by atomic mass is 9.65. The van der Waals surface area contributed by atoms with E-state index in [2.05, 4.69) is 0 Å². The average Bonchev–Trinajstić information content (AvgIpc) is 2.85. The van der Waals surface area contributed by atoms with Crippen molar-refractivity contribution in [3.63, 3.8) is 0 Å². The Morgan fingerprint density at radius 2 is 1.65 bits per heavy atom. The summed E-state index contributed by atoms with van der Waals surface area (Å²) in [4.78, 5) is 38.4. The van der Waals surface area contributed by atoms with Crippen LogP contribution in [-0.4, -0.2) is 36.8 Å². The molecule has 1 unspecified atom stereocenters. The third kappa shape index (κ3) is 5.71. The Morgan fingerprint density at radius 3 is 2.18 bits per heavy atom. The second-order valence-corrected chi connectivity index (χ2v) is 8.62. The molecular weight excluding hydrogens is 434 g/mol. The number of carbonyl (C=O) groups is 2. The molecule has 0 spiro atoms. The molecule has 1 aliphatic carbocycles. The summed E-state index contributed by atoms with van der Waals surface area (Å²) >= 11 is 0. The Labute approximate surface area is 199 Å². The highest BCUT2D eigenvalue weighted by molar-refractivity contribution is 6.10. The quantitative estimate of drug-likeness (QED) is 0.209. The Morgan fingerprint density at radius 1 is 1.06 bits per heavy atom. The highest BCUT2D eigenvalue weighted by Gasteiger charge is 2.52. The number of hydrogen-bond donors (Lipinski definition) is 0. The predicted molar refractivity (Wildman–Crippen MR) is 130 cm³/mol. The first-order valence-corrected chi connectivity index (χ1v) is 11.6. The normalized spacial score (nSPS) is 22.5.